The van der Waals surface area contributed by atoms with Crippen molar-refractivity contribution in [1.29, 1.82) is 0 Å². The highest BCUT2D eigenvalue weighted by Crippen LogP contribution is 2.44. The molecule has 1 saturated heterocycles. The molecule has 1 N–H and O–H groups in total. The molecule has 1 aromatic heterocycles. The molecule has 0 amide bonds. The van der Waals surface area contributed by atoms with Crippen molar-refractivity contribution < 1.29 is 9.53 Å². The zero-order valence-corrected chi connectivity index (χ0v) is 14.7. The second-order valence-corrected chi connectivity index (χ2v) is 7.49. The largest absolute Gasteiger partial charge is 0.409 e. The molecule has 1 aromatic carbocycles. The Balaban J connectivity index is 1.90. The fourth-order valence-corrected chi connectivity index (χ4v) is 3.99. The van der Waals surface area contributed by atoms with E-state index in [1.165, 1.54) is 25.3 Å². The zero-order chi connectivity index (χ0) is 16.7. The van der Waals surface area contributed by atoms with E-state index in [2.05, 4.69) is 16.0 Å². The van der Waals surface area contributed by atoms with Crippen LogP contribution >= 0.6 is 11.6 Å². The van der Waals surface area contributed by atoms with E-state index in [-0.39, 0.29) is 5.97 Å². The number of nitrogens with one attached hydrogen (secondary N) is 1. The number of piperidine rings is 1. The smallest absolute Gasteiger partial charge is 0.309 e. The lowest BCUT2D eigenvalue weighted by atomic mass is 9.89. The molecule has 5 heteroatoms. The van der Waals surface area contributed by atoms with E-state index in [0.29, 0.717) is 11.8 Å². The molecule has 2 aliphatic rings. The minimum absolute atomic E-state index is 0.254. The Kier molecular flexibility index (Phi) is 4.27. The summed E-state index contributed by atoms with van der Waals surface area (Å²) < 4.78 is 7.95. The van der Waals surface area contributed by atoms with Crippen LogP contribution in [0.2, 0.25) is 5.02 Å². The Hall–Kier alpha value is -1.52. The molecule has 128 valence electrons. The van der Waals surface area contributed by atoms with Crippen molar-refractivity contribution >= 4 is 28.5 Å². The minimum Gasteiger partial charge on any atom is -0.409 e. The number of carbonyl (C=O) groups is 1. The number of rotatable bonds is 4. The number of benzene rings is 1. The second-order valence-electron chi connectivity index (χ2n) is 7.05. The van der Waals surface area contributed by atoms with Crippen LogP contribution in [0.3, 0.4) is 0 Å². The van der Waals surface area contributed by atoms with Crippen LogP contribution in [-0.4, -0.2) is 23.6 Å². The minimum atomic E-state index is -0.254. The molecule has 0 unspecified atom stereocenters. The Morgan fingerprint density at radius 2 is 2.04 bits per heavy atom. The van der Waals surface area contributed by atoms with Crippen molar-refractivity contribution in [1.82, 2.24) is 9.88 Å². The van der Waals surface area contributed by atoms with Gasteiger partial charge in [0.15, 0.2) is 0 Å². The van der Waals surface area contributed by atoms with Crippen LogP contribution in [0.15, 0.2) is 18.2 Å². The maximum atomic E-state index is 11.8. The quantitative estimate of drug-likeness (QED) is 0.848. The number of ether oxygens (including phenoxy) is 1. The molecule has 4 nitrogen and oxygen atoms in total. The Bertz CT molecular complexity index is 773. The van der Waals surface area contributed by atoms with Gasteiger partial charge in [-0.25, -0.2) is 0 Å². The SMILES string of the molecule is CC(=O)Oc1c(C2CCNCC2)c2cc(Cl)ccc2n1CC1CC1. The predicted octanol–water partition coefficient (Wildman–Crippen LogP) is 4.10. The summed E-state index contributed by atoms with van der Waals surface area (Å²) in [6.07, 6.45) is 4.64. The number of esters is 1. The average Bonchev–Trinajstić information content (AvgIpc) is 3.33. The standard InChI is InChI=1S/C19H23ClN2O2/c1-12(23)24-19-18(14-6-8-21-9-7-14)16-10-15(20)4-5-17(16)22(19)11-13-2-3-13/h4-5,10,13-14,21H,2-3,6-9,11H2,1H3. The van der Waals surface area contributed by atoms with Crippen molar-refractivity contribution in [2.45, 2.75) is 45.1 Å². The first-order valence-electron chi connectivity index (χ1n) is 8.84. The summed E-state index contributed by atoms with van der Waals surface area (Å²) in [5.74, 6) is 1.60. The molecule has 0 bridgehead atoms. The molecule has 2 aromatic rings. The number of fused-ring (bicyclic) bond motifs is 1. The highest BCUT2D eigenvalue weighted by molar-refractivity contribution is 6.31. The van der Waals surface area contributed by atoms with E-state index < -0.39 is 0 Å². The van der Waals surface area contributed by atoms with Crippen molar-refractivity contribution in [3.63, 3.8) is 0 Å². The highest BCUT2D eigenvalue weighted by Gasteiger charge is 2.30. The van der Waals surface area contributed by atoms with Crippen LogP contribution in [0.4, 0.5) is 0 Å². The Morgan fingerprint density at radius 3 is 2.71 bits per heavy atom. The lowest BCUT2D eigenvalue weighted by Crippen LogP contribution is -2.27. The van der Waals surface area contributed by atoms with Gasteiger partial charge in [-0.3, -0.25) is 4.79 Å². The van der Waals surface area contributed by atoms with Crippen LogP contribution in [0.25, 0.3) is 10.9 Å². The molecular weight excluding hydrogens is 324 g/mol. The first-order chi connectivity index (χ1) is 11.6. The summed E-state index contributed by atoms with van der Waals surface area (Å²) in [4.78, 5) is 11.8. The lowest BCUT2D eigenvalue weighted by Gasteiger charge is -2.23. The van der Waals surface area contributed by atoms with E-state index in [1.54, 1.807) is 0 Å². The van der Waals surface area contributed by atoms with Crippen LogP contribution in [0.1, 0.15) is 44.1 Å². The molecule has 0 spiro atoms. The number of nitrogens with zero attached hydrogens (tertiary/aromatic N) is 1. The first-order valence-corrected chi connectivity index (χ1v) is 9.22. The summed E-state index contributed by atoms with van der Waals surface area (Å²) in [6.45, 7) is 4.41. The third-order valence-electron chi connectivity index (χ3n) is 5.14. The number of hydrogen-bond donors (Lipinski definition) is 1. The molecule has 4 rings (SSSR count). The van der Waals surface area contributed by atoms with Crippen molar-refractivity contribution in [3.8, 4) is 5.88 Å². The van der Waals surface area contributed by atoms with Gasteiger partial charge in [0.2, 0.25) is 5.88 Å². The van der Waals surface area contributed by atoms with Crippen molar-refractivity contribution in [2.24, 2.45) is 5.92 Å². The van der Waals surface area contributed by atoms with E-state index in [0.717, 1.165) is 54.3 Å². The summed E-state index contributed by atoms with van der Waals surface area (Å²) in [5, 5.41) is 5.29. The molecule has 2 heterocycles. The van der Waals surface area contributed by atoms with Gasteiger partial charge < -0.3 is 14.6 Å². The molecule has 1 aliphatic heterocycles. The molecule has 24 heavy (non-hydrogen) atoms. The van der Waals surface area contributed by atoms with Gasteiger partial charge in [0.1, 0.15) is 0 Å². The Labute approximate surface area is 147 Å². The number of carbonyl (C=O) groups excluding carboxylic acids is 1. The highest BCUT2D eigenvalue weighted by atomic mass is 35.5. The zero-order valence-electron chi connectivity index (χ0n) is 14.0. The van der Waals surface area contributed by atoms with E-state index in [1.807, 2.05) is 12.1 Å². The monoisotopic (exact) mass is 346 g/mol. The van der Waals surface area contributed by atoms with Crippen LogP contribution in [0.5, 0.6) is 5.88 Å². The summed E-state index contributed by atoms with van der Waals surface area (Å²) in [5.41, 5.74) is 2.31. The molecule has 0 atom stereocenters. The van der Waals surface area contributed by atoms with Gasteiger partial charge in [0, 0.05) is 29.4 Å². The third kappa shape index (κ3) is 3.05. The van der Waals surface area contributed by atoms with E-state index in [4.69, 9.17) is 16.3 Å². The first kappa shape index (κ1) is 16.0. The number of halogens is 1. The van der Waals surface area contributed by atoms with Crippen LogP contribution in [0, 0.1) is 5.92 Å². The van der Waals surface area contributed by atoms with Gasteiger partial charge >= 0.3 is 5.97 Å². The predicted molar refractivity (Wildman–Crippen MR) is 95.8 cm³/mol. The van der Waals surface area contributed by atoms with E-state index >= 15 is 0 Å². The van der Waals surface area contributed by atoms with Crippen molar-refractivity contribution in [3.05, 3.63) is 28.8 Å². The summed E-state index contributed by atoms with van der Waals surface area (Å²) in [6, 6.07) is 6.03. The molecule has 0 radical (unpaired) electrons. The fourth-order valence-electron chi connectivity index (χ4n) is 3.82. The summed E-state index contributed by atoms with van der Waals surface area (Å²) >= 11 is 6.29. The molecule has 1 saturated carbocycles. The Morgan fingerprint density at radius 1 is 1.29 bits per heavy atom. The summed E-state index contributed by atoms with van der Waals surface area (Å²) in [7, 11) is 0. The van der Waals surface area contributed by atoms with Gasteiger partial charge in [0.25, 0.3) is 0 Å². The molecule has 2 fully saturated rings. The number of aromatic nitrogens is 1. The topological polar surface area (TPSA) is 43.3 Å². The van der Waals surface area contributed by atoms with Crippen LogP contribution in [-0.2, 0) is 11.3 Å². The van der Waals surface area contributed by atoms with Crippen molar-refractivity contribution in [2.75, 3.05) is 13.1 Å². The van der Waals surface area contributed by atoms with Gasteiger partial charge in [-0.2, -0.15) is 0 Å². The van der Waals surface area contributed by atoms with Gasteiger partial charge in [-0.15, -0.1) is 0 Å². The lowest BCUT2D eigenvalue weighted by molar-refractivity contribution is -0.132. The fraction of sp³-hybridized carbons (Fsp3) is 0.526. The second kappa shape index (κ2) is 6.41. The average molecular weight is 347 g/mol. The molecular formula is C19H23ClN2O2. The molecule has 1 aliphatic carbocycles. The third-order valence-corrected chi connectivity index (χ3v) is 5.38. The maximum absolute atomic E-state index is 11.8. The van der Waals surface area contributed by atoms with Gasteiger partial charge in [0.05, 0.1) is 5.52 Å². The van der Waals surface area contributed by atoms with Gasteiger partial charge in [-0.05, 0) is 68.8 Å². The van der Waals surface area contributed by atoms with Gasteiger partial charge in [-0.1, -0.05) is 11.6 Å². The van der Waals surface area contributed by atoms with E-state index in [9.17, 15) is 4.79 Å². The van der Waals surface area contributed by atoms with Crippen LogP contribution < -0.4 is 10.1 Å². The number of hydrogen-bond acceptors (Lipinski definition) is 3. The maximum Gasteiger partial charge on any atom is 0.309 e. The normalized spacial score (nSPS) is 18.9.